The van der Waals surface area contributed by atoms with E-state index in [1.54, 1.807) is 12.1 Å². The molecule has 0 unspecified atom stereocenters. The first-order valence-electron chi connectivity index (χ1n) is 8.77. The number of H-pyrrole nitrogens is 1. The SMILES string of the molecule is O=C(NCc1n[nH]c(=S)n1C1CC1)c1ccc2c(c1)SC1=NS(=O)(=O)CCN12. The lowest BCUT2D eigenvalue weighted by Crippen LogP contribution is -2.35. The molecular formula is C16H16N6O3S3. The standard InChI is InChI=1S/C16H16N6O3S3/c23-14(17-8-13-18-19-15(26)22(13)10-2-3-10)9-1-4-11-12(7-9)27-16-20-28(24,25)6-5-21(11)16/h1,4,7,10H,2-3,5-6,8H2,(H,17,23)(H,19,26). The predicted molar refractivity (Wildman–Crippen MR) is 108 cm³/mol. The first-order valence-corrected chi connectivity index (χ1v) is 11.6. The summed E-state index contributed by atoms with van der Waals surface area (Å²) in [6.07, 6.45) is 2.15. The highest BCUT2D eigenvalue weighted by Gasteiger charge is 2.33. The summed E-state index contributed by atoms with van der Waals surface area (Å²) in [7, 11) is -3.40. The first-order chi connectivity index (χ1) is 13.4. The maximum atomic E-state index is 12.6. The van der Waals surface area contributed by atoms with Gasteiger partial charge in [0, 0.05) is 23.0 Å². The third-order valence-corrected chi connectivity index (χ3v) is 7.43. The molecule has 1 saturated carbocycles. The Morgan fingerprint density at radius 2 is 2.21 bits per heavy atom. The summed E-state index contributed by atoms with van der Waals surface area (Å²) < 4.78 is 29.8. The normalized spacial score (nSPS) is 19.7. The maximum Gasteiger partial charge on any atom is 0.257 e. The van der Waals surface area contributed by atoms with Crippen molar-refractivity contribution in [2.75, 3.05) is 17.2 Å². The zero-order valence-electron chi connectivity index (χ0n) is 14.6. The highest BCUT2D eigenvalue weighted by Crippen LogP contribution is 2.42. The van der Waals surface area contributed by atoms with Gasteiger partial charge in [-0.15, -0.1) is 4.40 Å². The Morgan fingerprint density at radius 3 is 3.00 bits per heavy atom. The van der Waals surface area contributed by atoms with Gasteiger partial charge in [0.2, 0.25) is 0 Å². The van der Waals surface area contributed by atoms with Crippen LogP contribution in [0.15, 0.2) is 27.5 Å². The number of hydrogen-bond donors (Lipinski definition) is 2. The summed E-state index contributed by atoms with van der Waals surface area (Å²) in [5, 5.41) is 10.3. The summed E-state index contributed by atoms with van der Waals surface area (Å²) in [5.74, 6) is 0.487. The van der Waals surface area contributed by atoms with Crippen molar-refractivity contribution >= 4 is 50.8 Å². The molecule has 1 aromatic heterocycles. The topological polar surface area (TPSA) is 112 Å². The summed E-state index contributed by atoms with van der Waals surface area (Å²) in [4.78, 5) is 15.3. The van der Waals surface area contributed by atoms with Crippen LogP contribution in [0.5, 0.6) is 0 Å². The fraction of sp³-hybridized carbons (Fsp3) is 0.375. The van der Waals surface area contributed by atoms with Crippen molar-refractivity contribution in [3.63, 3.8) is 0 Å². The molecule has 2 N–H and O–H groups in total. The Labute approximate surface area is 170 Å². The van der Waals surface area contributed by atoms with Gasteiger partial charge in [-0.3, -0.25) is 14.5 Å². The van der Waals surface area contributed by atoms with E-state index in [2.05, 4.69) is 19.9 Å². The maximum absolute atomic E-state index is 12.6. The van der Waals surface area contributed by atoms with Crippen molar-refractivity contribution in [1.29, 1.82) is 0 Å². The molecule has 1 amide bonds. The molecule has 2 aliphatic heterocycles. The van der Waals surface area contributed by atoms with Gasteiger partial charge in [0.15, 0.2) is 15.8 Å². The van der Waals surface area contributed by atoms with E-state index in [1.165, 1.54) is 11.8 Å². The number of thioether (sulfide) groups is 1. The van der Waals surface area contributed by atoms with Crippen molar-refractivity contribution in [2.24, 2.45) is 4.40 Å². The minimum absolute atomic E-state index is 0.00571. The van der Waals surface area contributed by atoms with Gasteiger partial charge in [0.25, 0.3) is 15.9 Å². The van der Waals surface area contributed by atoms with E-state index < -0.39 is 10.0 Å². The van der Waals surface area contributed by atoms with Crippen LogP contribution >= 0.6 is 24.0 Å². The highest BCUT2D eigenvalue weighted by atomic mass is 32.2. The van der Waals surface area contributed by atoms with Gasteiger partial charge >= 0.3 is 0 Å². The van der Waals surface area contributed by atoms with Crippen molar-refractivity contribution in [2.45, 2.75) is 30.3 Å². The van der Waals surface area contributed by atoms with Crippen molar-refractivity contribution < 1.29 is 13.2 Å². The van der Waals surface area contributed by atoms with Crippen LogP contribution in [0.4, 0.5) is 5.69 Å². The van der Waals surface area contributed by atoms with Crippen molar-refractivity contribution in [1.82, 2.24) is 20.1 Å². The molecule has 5 rings (SSSR count). The number of aromatic nitrogens is 3. The summed E-state index contributed by atoms with van der Waals surface area (Å²) in [5.41, 5.74) is 1.38. The smallest absolute Gasteiger partial charge is 0.257 e. The number of amides is 1. The van der Waals surface area contributed by atoms with E-state index in [4.69, 9.17) is 12.2 Å². The molecule has 146 valence electrons. The fourth-order valence-corrected chi connectivity index (χ4v) is 5.90. The molecule has 0 spiro atoms. The third kappa shape index (κ3) is 3.14. The lowest BCUT2D eigenvalue weighted by molar-refractivity contribution is 0.0949. The molecule has 3 aliphatic rings. The minimum atomic E-state index is -3.40. The lowest BCUT2D eigenvalue weighted by Gasteiger charge is -2.22. The zero-order chi connectivity index (χ0) is 19.5. The van der Waals surface area contributed by atoms with Gasteiger partial charge < -0.3 is 10.2 Å². The number of rotatable bonds is 4. The summed E-state index contributed by atoms with van der Waals surface area (Å²) in [6.45, 7) is 0.653. The molecule has 0 bridgehead atoms. The molecule has 0 atom stereocenters. The molecule has 1 aromatic carbocycles. The number of benzene rings is 1. The summed E-state index contributed by atoms with van der Waals surface area (Å²) in [6, 6.07) is 5.71. The first kappa shape index (κ1) is 17.9. The Balaban J connectivity index is 1.33. The van der Waals surface area contributed by atoms with Crippen molar-refractivity contribution in [3.05, 3.63) is 34.4 Å². The van der Waals surface area contributed by atoms with Crippen LogP contribution in [-0.4, -0.2) is 46.6 Å². The zero-order valence-corrected chi connectivity index (χ0v) is 17.0. The number of anilines is 1. The number of amidine groups is 1. The average molecular weight is 437 g/mol. The van der Waals surface area contributed by atoms with Crippen LogP contribution in [0, 0.1) is 4.77 Å². The van der Waals surface area contributed by atoms with Gasteiger partial charge in [-0.05, 0) is 55.0 Å². The third-order valence-electron chi connectivity index (χ3n) is 4.83. The Hall–Kier alpha value is -2.18. The minimum Gasteiger partial charge on any atom is -0.345 e. The molecule has 28 heavy (non-hydrogen) atoms. The quantitative estimate of drug-likeness (QED) is 0.703. The second-order valence-electron chi connectivity index (χ2n) is 6.82. The van der Waals surface area contributed by atoms with Gasteiger partial charge in [-0.2, -0.15) is 5.10 Å². The van der Waals surface area contributed by atoms with Crippen LogP contribution in [0.25, 0.3) is 0 Å². The average Bonchev–Trinajstić information content (AvgIpc) is 3.33. The lowest BCUT2D eigenvalue weighted by atomic mass is 10.2. The summed E-state index contributed by atoms with van der Waals surface area (Å²) >= 11 is 6.52. The number of carbonyl (C=O) groups excluding carboxylic acids is 1. The monoisotopic (exact) mass is 436 g/mol. The van der Waals surface area contributed by atoms with Gasteiger partial charge in [-0.25, -0.2) is 8.42 Å². The fourth-order valence-electron chi connectivity index (χ4n) is 3.30. The van der Waals surface area contributed by atoms with E-state index in [9.17, 15) is 13.2 Å². The molecule has 1 fully saturated rings. The molecule has 9 nitrogen and oxygen atoms in total. The van der Waals surface area contributed by atoms with E-state index in [1.807, 2.05) is 15.5 Å². The van der Waals surface area contributed by atoms with E-state index in [0.29, 0.717) is 33.9 Å². The van der Waals surface area contributed by atoms with Crippen LogP contribution in [0.2, 0.25) is 0 Å². The highest BCUT2D eigenvalue weighted by molar-refractivity contribution is 8.15. The molecule has 3 heterocycles. The largest absolute Gasteiger partial charge is 0.345 e. The number of hydrogen-bond acceptors (Lipinski definition) is 7. The number of nitrogens with zero attached hydrogens (tertiary/aromatic N) is 4. The van der Waals surface area contributed by atoms with Crippen LogP contribution in [-0.2, 0) is 16.6 Å². The van der Waals surface area contributed by atoms with Crippen LogP contribution in [0.1, 0.15) is 35.1 Å². The number of sulfonamides is 1. The van der Waals surface area contributed by atoms with Crippen molar-refractivity contribution in [3.8, 4) is 0 Å². The van der Waals surface area contributed by atoms with Crippen LogP contribution in [0.3, 0.4) is 0 Å². The predicted octanol–water partition coefficient (Wildman–Crippen LogP) is 1.82. The molecular weight excluding hydrogens is 420 g/mol. The Morgan fingerprint density at radius 1 is 1.39 bits per heavy atom. The second-order valence-corrected chi connectivity index (χ2v) is 9.98. The number of fused-ring (bicyclic) bond motifs is 3. The van der Waals surface area contributed by atoms with Gasteiger partial charge in [-0.1, -0.05) is 0 Å². The second kappa shape index (κ2) is 6.42. The van der Waals surface area contributed by atoms with Gasteiger partial charge in [0.1, 0.15) is 0 Å². The van der Waals surface area contributed by atoms with E-state index >= 15 is 0 Å². The Bertz CT molecular complexity index is 1180. The molecule has 12 heteroatoms. The molecule has 1 aliphatic carbocycles. The molecule has 2 aromatic rings. The van der Waals surface area contributed by atoms with Crippen LogP contribution < -0.4 is 10.2 Å². The van der Waals surface area contributed by atoms with E-state index in [-0.39, 0.29) is 18.2 Å². The van der Waals surface area contributed by atoms with E-state index in [0.717, 1.165) is 23.4 Å². The number of nitrogens with one attached hydrogen (secondary N) is 2. The molecule has 0 saturated heterocycles. The Kier molecular flexibility index (Phi) is 4.10. The molecule has 0 radical (unpaired) electrons. The van der Waals surface area contributed by atoms with Gasteiger partial charge in [0.05, 0.1) is 18.0 Å². The number of carbonyl (C=O) groups is 1. The number of aromatic amines is 1.